The summed E-state index contributed by atoms with van der Waals surface area (Å²) in [4.78, 5) is 23.1. The molecule has 5 heteroatoms. The molecular weight excluding hydrogens is 272 g/mol. The molecule has 0 aromatic heterocycles. The third-order valence-electron chi connectivity index (χ3n) is 3.36. The van der Waals surface area contributed by atoms with Gasteiger partial charge in [0.1, 0.15) is 11.7 Å². The fourth-order valence-corrected chi connectivity index (χ4v) is 2.25. The van der Waals surface area contributed by atoms with Crippen molar-refractivity contribution in [2.24, 2.45) is 11.8 Å². The number of cyclic esters (lactones) is 1. The Bertz CT molecular complexity index is 394. The first-order valence-electron chi connectivity index (χ1n) is 7.41. The highest BCUT2D eigenvalue weighted by atomic mass is 16.6. The lowest BCUT2D eigenvalue weighted by Gasteiger charge is -2.31. The van der Waals surface area contributed by atoms with E-state index in [1.54, 1.807) is 6.08 Å². The van der Waals surface area contributed by atoms with Crippen molar-refractivity contribution >= 4 is 11.9 Å². The SMILES string of the molecule is C[C@H](CO)[C@H]1C[C@@H](C/C=C/C(=O)OC(C)(C)C)CC(=O)O1. The van der Waals surface area contributed by atoms with Gasteiger partial charge in [0, 0.05) is 25.0 Å². The molecule has 1 rings (SSSR count). The summed E-state index contributed by atoms with van der Waals surface area (Å²) in [6, 6.07) is 0. The van der Waals surface area contributed by atoms with E-state index in [2.05, 4.69) is 0 Å². The third-order valence-corrected chi connectivity index (χ3v) is 3.36. The van der Waals surface area contributed by atoms with E-state index < -0.39 is 5.60 Å². The molecule has 120 valence electrons. The van der Waals surface area contributed by atoms with Gasteiger partial charge in [0.2, 0.25) is 0 Å². The van der Waals surface area contributed by atoms with Gasteiger partial charge < -0.3 is 14.6 Å². The minimum atomic E-state index is -0.502. The average molecular weight is 298 g/mol. The first-order chi connectivity index (χ1) is 9.71. The van der Waals surface area contributed by atoms with E-state index in [9.17, 15) is 9.59 Å². The molecule has 1 saturated heterocycles. The summed E-state index contributed by atoms with van der Waals surface area (Å²) in [7, 11) is 0. The topological polar surface area (TPSA) is 72.8 Å². The molecule has 1 aliphatic rings. The first-order valence-corrected chi connectivity index (χ1v) is 7.41. The molecule has 0 aromatic carbocycles. The van der Waals surface area contributed by atoms with E-state index in [0.29, 0.717) is 19.3 Å². The lowest BCUT2D eigenvalue weighted by atomic mass is 9.87. The molecule has 1 fully saturated rings. The Morgan fingerprint density at radius 2 is 2.19 bits per heavy atom. The number of rotatable bonds is 5. The minimum Gasteiger partial charge on any atom is -0.462 e. The van der Waals surface area contributed by atoms with Crippen LogP contribution in [0.3, 0.4) is 0 Å². The summed E-state index contributed by atoms with van der Waals surface area (Å²) >= 11 is 0. The molecule has 0 aliphatic carbocycles. The first kappa shape index (κ1) is 17.7. The second kappa shape index (κ2) is 7.59. The van der Waals surface area contributed by atoms with Crippen LogP contribution in [0.5, 0.6) is 0 Å². The van der Waals surface area contributed by atoms with Gasteiger partial charge in [0.05, 0.1) is 0 Å². The molecule has 3 atom stereocenters. The Kier molecular flexibility index (Phi) is 6.40. The molecule has 1 N–H and O–H groups in total. The van der Waals surface area contributed by atoms with Gasteiger partial charge >= 0.3 is 11.9 Å². The monoisotopic (exact) mass is 298 g/mol. The van der Waals surface area contributed by atoms with Crippen molar-refractivity contribution < 1.29 is 24.2 Å². The van der Waals surface area contributed by atoms with Crippen LogP contribution in [0.2, 0.25) is 0 Å². The zero-order chi connectivity index (χ0) is 16.0. The molecule has 0 aromatic rings. The van der Waals surface area contributed by atoms with Gasteiger partial charge in [0.15, 0.2) is 0 Å². The third kappa shape index (κ3) is 6.76. The van der Waals surface area contributed by atoms with Crippen molar-refractivity contribution in [3.05, 3.63) is 12.2 Å². The number of aliphatic hydroxyl groups is 1. The predicted molar refractivity (Wildman–Crippen MR) is 78.5 cm³/mol. The van der Waals surface area contributed by atoms with Gasteiger partial charge in [-0.3, -0.25) is 4.79 Å². The van der Waals surface area contributed by atoms with Gasteiger partial charge in [-0.2, -0.15) is 0 Å². The van der Waals surface area contributed by atoms with Crippen molar-refractivity contribution in [2.45, 2.75) is 58.7 Å². The van der Waals surface area contributed by atoms with Crippen molar-refractivity contribution in [1.29, 1.82) is 0 Å². The molecule has 0 amide bonds. The number of hydrogen-bond donors (Lipinski definition) is 1. The van der Waals surface area contributed by atoms with Crippen LogP contribution in [0.15, 0.2) is 12.2 Å². The van der Waals surface area contributed by atoms with Gasteiger partial charge in [0.25, 0.3) is 0 Å². The highest BCUT2D eigenvalue weighted by Crippen LogP contribution is 2.28. The van der Waals surface area contributed by atoms with Crippen LogP contribution in [0.25, 0.3) is 0 Å². The van der Waals surface area contributed by atoms with E-state index in [-0.39, 0.29) is 36.5 Å². The summed E-state index contributed by atoms with van der Waals surface area (Å²) in [6.45, 7) is 7.31. The number of esters is 2. The Morgan fingerprint density at radius 3 is 2.76 bits per heavy atom. The molecule has 5 nitrogen and oxygen atoms in total. The minimum absolute atomic E-state index is 0.00157. The predicted octanol–water partition coefficient (Wildman–Crippen LogP) is 2.22. The normalized spacial score (nSPS) is 24.7. The van der Waals surface area contributed by atoms with Crippen molar-refractivity contribution in [1.82, 2.24) is 0 Å². The maximum atomic E-state index is 11.6. The Balaban J connectivity index is 2.47. The van der Waals surface area contributed by atoms with Gasteiger partial charge in [-0.05, 0) is 39.5 Å². The zero-order valence-corrected chi connectivity index (χ0v) is 13.3. The quantitative estimate of drug-likeness (QED) is 0.622. The molecular formula is C16H26O5. The van der Waals surface area contributed by atoms with Crippen molar-refractivity contribution in [2.75, 3.05) is 6.61 Å². The standard InChI is InChI=1S/C16H26O5/c1-11(10-17)13-8-12(9-15(19)20-13)6-5-7-14(18)21-16(2,3)4/h5,7,11-13,17H,6,8-10H2,1-4H3/b7-5+/t11-,12-,13-/m1/s1. The van der Waals surface area contributed by atoms with Gasteiger partial charge in [-0.1, -0.05) is 13.0 Å². The Labute approximate surface area is 126 Å². The fourth-order valence-electron chi connectivity index (χ4n) is 2.25. The van der Waals surface area contributed by atoms with E-state index in [4.69, 9.17) is 14.6 Å². The maximum Gasteiger partial charge on any atom is 0.330 e. The Morgan fingerprint density at radius 1 is 1.52 bits per heavy atom. The number of allylic oxidation sites excluding steroid dienone is 1. The van der Waals surface area contributed by atoms with Gasteiger partial charge in [-0.25, -0.2) is 4.79 Å². The van der Waals surface area contributed by atoms with Crippen LogP contribution in [0.4, 0.5) is 0 Å². The number of aliphatic hydroxyl groups excluding tert-OH is 1. The lowest BCUT2D eigenvalue weighted by Crippen LogP contribution is -2.35. The van der Waals surface area contributed by atoms with Crippen molar-refractivity contribution in [3.63, 3.8) is 0 Å². The van der Waals surface area contributed by atoms with Crippen LogP contribution >= 0.6 is 0 Å². The van der Waals surface area contributed by atoms with E-state index in [1.165, 1.54) is 6.08 Å². The summed E-state index contributed by atoms with van der Waals surface area (Å²) in [6.07, 6.45) is 4.62. The number of carbonyl (C=O) groups is 2. The summed E-state index contributed by atoms with van der Waals surface area (Å²) in [5, 5.41) is 9.15. The molecule has 0 spiro atoms. The number of ether oxygens (including phenoxy) is 2. The van der Waals surface area contributed by atoms with Crippen LogP contribution in [-0.2, 0) is 19.1 Å². The highest BCUT2D eigenvalue weighted by Gasteiger charge is 2.31. The molecule has 1 aliphatic heterocycles. The average Bonchev–Trinajstić information content (AvgIpc) is 2.35. The number of carbonyl (C=O) groups excluding carboxylic acids is 2. The molecule has 0 bridgehead atoms. The van der Waals surface area contributed by atoms with E-state index >= 15 is 0 Å². The molecule has 21 heavy (non-hydrogen) atoms. The fraction of sp³-hybridized carbons (Fsp3) is 0.750. The summed E-state index contributed by atoms with van der Waals surface area (Å²) < 4.78 is 10.4. The second-order valence-corrected chi connectivity index (χ2v) is 6.67. The van der Waals surface area contributed by atoms with Crippen LogP contribution in [0, 0.1) is 11.8 Å². The maximum absolute atomic E-state index is 11.6. The zero-order valence-electron chi connectivity index (χ0n) is 13.3. The largest absolute Gasteiger partial charge is 0.462 e. The highest BCUT2D eigenvalue weighted by molar-refractivity contribution is 5.82. The van der Waals surface area contributed by atoms with E-state index in [1.807, 2.05) is 27.7 Å². The summed E-state index contributed by atoms with van der Waals surface area (Å²) in [5.74, 6) is -0.529. The number of hydrogen-bond acceptors (Lipinski definition) is 5. The van der Waals surface area contributed by atoms with Crippen LogP contribution < -0.4 is 0 Å². The molecule has 0 saturated carbocycles. The van der Waals surface area contributed by atoms with Crippen LogP contribution in [-0.4, -0.2) is 35.4 Å². The molecule has 0 radical (unpaired) electrons. The molecule has 1 heterocycles. The van der Waals surface area contributed by atoms with Crippen molar-refractivity contribution in [3.8, 4) is 0 Å². The van der Waals surface area contributed by atoms with Gasteiger partial charge in [-0.15, -0.1) is 0 Å². The Hall–Kier alpha value is -1.36. The molecule has 0 unspecified atom stereocenters. The van der Waals surface area contributed by atoms with Crippen LogP contribution in [0.1, 0.15) is 47.0 Å². The summed E-state index contributed by atoms with van der Waals surface area (Å²) in [5.41, 5.74) is -0.502. The lowest BCUT2D eigenvalue weighted by molar-refractivity contribution is -0.161. The van der Waals surface area contributed by atoms with E-state index in [0.717, 1.165) is 0 Å². The second-order valence-electron chi connectivity index (χ2n) is 6.67. The smallest absolute Gasteiger partial charge is 0.330 e.